The van der Waals surface area contributed by atoms with Gasteiger partial charge >= 0.3 is 26.1 Å². The van der Waals surface area contributed by atoms with Crippen LogP contribution in [0.2, 0.25) is 0 Å². The highest BCUT2D eigenvalue weighted by Crippen LogP contribution is 2.36. The predicted molar refractivity (Wildman–Crippen MR) is 56.7 cm³/mol. The number of hydrogen-bond donors (Lipinski definition) is 5. The van der Waals surface area contributed by atoms with Gasteiger partial charge in [-0.05, 0) is 0 Å². The zero-order valence-corrected chi connectivity index (χ0v) is 10.5. The molecule has 0 fully saturated rings. The Morgan fingerprint density at radius 1 is 0.900 bits per heavy atom. The molecule has 0 saturated heterocycles. The van der Waals surface area contributed by atoms with Gasteiger partial charge in [0, 0.05) is 0 Å². The van der Waals surface area contributed by atoms with Crippen LogP contribution in [0.25, 0.3) is 0 Å². The molecular formula is C7H11O12P. The van der Waals surface area contributed by atoms with Crippen molar-refractivity contribution in [2.24, 2.45) is 0 Å². The highest BCUT2D eigenvalue weighted by atomic mass is 31.2. The van der Waals surface area contributed by atoms with Crippen molar-refractivity contribution in [2.45, 2.75) is 12.2 Å². The van der Waals surface area contributed by atoms with Crippen LogP contribution in [0.4, 0.5) is 14.4 Å². The fourth-order valence-corrected chi connectivity index (χ4v) is 1.87. The normalized spacial score (nSPS) is 13.9. The van der Waals surface area contributed by atoms with E-state index in [4.69, 9.17) is 25.1 Å². The van der Waals surface area contributed by atoms with E-state index in [1.807, 2.05) is 0 Å². The molecule has 0 aromatic heterocycles. The van der Waals surface area contributed by atoms with E-state index in [2.05, 4.69) is 14.2 Å². The molecule has 0 aliphatic rings. The monoisotopic (exact) mass is 318 g/mol. The number of rotatable bonds is 7. The van der Waals surface area contributed by atoms with E-state index < -0.39 is 51.0 Å². The summed E-state index contributed by atoms with van der Waals surface area (Å²) in [6, 6.07) is 0. The van der Waals surface area contributed by atoms with Crippen molar-refractivity contribution in [3.05, 3.63) is 0 Å². The van der Waals surface area contributed by atoms with Crippen LogP contribution >= 0.6 is 7.60 Å². The van der Waals surface area contributed by atoms with Crippen molar-refractivity contribution < 1.29 is 58.3 Å². The summed E-state index contributed by atoms with van der Waals surface area (Å²) in [7, 11) is -4.79. The van der Waals surface area contributed by atoms with Crippen LogP contribution in [0.1, 0.15) is 0 Å². The second-order valence-corrected chi connectivity index (χ2v) is 4.96. The maximum atomic E-state index is 10.8. The molecule has 13 heteroatoms. The Bertz CT molecular complexity index is 412. The molecule has 0 rings (SSSR count). The molecule has 0 bridgehead atoms. The van der Waals surface area contributed by atoms with Gasteiger partial charge in [-0.15, -0.1) is 0 Å². The van der Waals surface area contributed by atoms with E-state index in [1.165, 1.54) is 0 Å². The second kappa shape index (κ2) is 7.53. The zero-order valence-electron chi connectivity index (χ0n) is 9.61. The molecule has 2 atom stereocenters. The quantitative estimate of drug-likeness (QED) is 0.239. The van der Waals surface area contributed by atoms with Gasteiger partial charge in [-0.25, -0.2) is 14.4 Å². The minimum absolute atomic E-state index is 1.00. The Morgan fingerprint density at radius 3 is 1.70 bits per heavy atom. The van der Waals surface area contributed by atoms with Crippen molar-refractivity contribution in [1.29, 1.82) is 0 Å². The zero-order chi connectivity index (χ0) is 15.9. The van der Waals surface area contributed by atoms with Gasteiger partial charge in [0.05, 0.1) is 6.16 Å². The van der Waals surface area contributed by atoms with Crippen LogP contribution in [0.3, 0.4) is 0 Å². The maximum Gasteiger partial charge on any atom is 0.506 e. The Hall–Kier alpha value is -2.04. The average molecular weight is 318 g/mol. The summed E-state index contributed by atoms with van der Waals surface area (Å²) in [6.45, 7) is -1.00. The number of carbonyl (C=O) groups is 3. The maximum absolute atomic E-state index is 10.8. The largest absolute Gasteiger partial charge is 0.506 e. The highest BCUT2D eigenvalue weighted by Gasteiger charge is 2.35. The summed E-state index contributed by atoms with van der Waals surface area (Å²) < 4.78 is 23.0. The fourth-order valence-electron chi connectivity index (χ4n) is 1.09. The van der Waals surface area contributed by atoms with Gasteiger partial charge in [-0.2, -0.15) is 0 Å². The van der Waals surface area contributed by atoms with Crippen molar-refractivity contribution in [1.82, 2.24) is 0 Å². The summed E-state index contributed by atoms with van der Waals surface area (Å²) in [5.41, 5.74) is 0. The molecule has 0 aromatic carbocycles. The molecule has 5 N–H and O–H groups in total. The first-order valence-electron chi connectivity index (χ1n) is 4.70. The second-order valence-electron chi connectivity index (χ2n) is 3.27. The van der Waals surface area contributed by atoms with Gasteiger partial charge < -0.3 is 39.3 Å². The van der Waals surface area contributed by atoms with Gasteiger partial charge in [0.2, 0.25) is 0 Å². The van der Waals surface area contributed by atoms with Crippen LogP contribution < -0.4 is 0 Å². The van der Waals surface area contributed by atoms with Gasteiger partial charge in [-0.3, -0.25) is 4.57 Å². The molecule has 2 unspecified atom stereocenters. The van der Waals surface area contributed by atoms with Gasteiger partial charge in [0.15, 0.2) is 12.2 Å². The predicted octanol–water partition coefficient (Wildman–Crippen LogP) is -0.0149. The van der Waals surface area contributed by atoms with Crippen LogP contribution in [-0.4, -0.2) is 68.5 Å². The summed E-state index contributed by atoms with van der Waals surface area (Å²) in [6.07, 6.45) is -10.7. The molecule has 0 heterocycles. The first-order chi connectivity index (χ1) is 9.01. The third kappa shape index (κ3) is 8.97. The van der Waals surface area contributed by atoms with Crippen LogP contribution in [0.5, 0.6) is 0 Å². The first kappa shape index (κ1) is 18.0. The molecule has 0 saturated carbocycles. The lowest BCUT2D eigenvalue weighted by atomic mass is 10.2. The average Bonchev–Trinajstić information content (AvgIpc) is 2.19. The molecule has 0 aromatic rings. The summed E-state index contributed by atoms with van der Waals surface area (Å²) >= 11 is 0. The first-order valence-corrected chi connectivity index (χ1v) is 6.50. The van der Waals surface area contributed by atoms with Crippen molar-refractivity contribution in [3.63, 3.8) is 0 Å². The Balaban J connectivity index is 5.03. The van der Waals surface area contributed by atoms with E-state index in [1.54, 1.807) is 0 Å². The highest BCUT2D eigenvalue weighted by molar-refractivity contribution is 7.51. The molecule has 0 aliphatic carbocycles. The van der Waals surface area contributed by atoms with Gasteiger partial charge in [0.25, 0.3) is 0 Å². The van der Waals surface area contributed by atoms with Crippen LogP contribution in [0.15, 0.2) is 0 Å². The Kier molecular flexibility index (Phi) is 6.76. The SMILES string of the molecule is O=C(O)OCC(OC(=O)O)C(CP(=O)(O)O)OC(=O)O. The molecule has 0 radical (unpaired) electrons. The molecule has 0 aliphatic heterocycles. The topological polar surface area (TPSA) is 197 Å². The third-order valence-electron chi connectivity index (χ3n) is 1.71. The number of carboxylic acid groups (broad SMARTS) is 3. The summed E-state index contributed by atoms with van der Waals surface area (Å²) in [5.74, 6) is 0. The van der Waals surface area contributed by atoms with Gasteiger partial charge in [0.1, 0.15) is 6.61 Å². The van der Waals surface area contributed by atoms with E-state index in [0.717, 1.165) is 0 Å². The minimum atomic E-state index is -4.79. The van der Waals surface area contributed by atoms with E-state index in [-0.39, 0.29) is 0 Å². The van der Waals surface area contributed by atoms with Crippen LogP contribution in [-0.2, 0) is 18.8 Å². The summed E-state index contributed by atoms with van der Waals surface area (Å²) in [5, 5.41) is 25.1. The smallest absolute Gasteiger partial charge is 0.450 e. The van der Waals surface area contributed by atoms with Crippen molar-refractivity contribution >= 4 is 26.1 Å². The van der Waals surface area contributed by atoms with Crippen LogP contribution in [0, 0.1) is 0 Å². The Labute approximate surface area is 110 Å². The minimum Gasteiger partial charge on any atom is -0.450 e. The molecular weight excluding hydrogens is 307 g/mol. The standard InChI is InChI=1S/C7H11O12P/c8-5(9)17-1-3(18-6(10)11)4(19-7(12)13)2-20(14,15)16/h3-4H,1-2H2,(H,8,9)(H,10,11)(H,12,13)(H2,14,15,16). The molecule has 116 valence electrons. The van der Waals surface area contributed by atoms with Gasteiger partial charge in [-0.1, -0.05) is 0 Å². The lowest BCUT2D eigenvalue weighted by Gasteiger charge is -2.24. The molecule has 0 amide bonds. The van der Waals surface area contributed by atoms with E-state index in [0.29, 0.717) is 0 Å². The van der Waals surface area contributed by atoms with E-state index in [9.17, 15) is 18.9 Å². The summed E-state index contributed by atoms with van der Waals surface area (Å²) in [4.78, 5) is 48.4. The van der Waals surface area contributed by atoms with Crippen molar-refractivity contribution in [3.8, 4) is 0 Å². The Morgan fingerprint density at radius 2 is 1.35 bits per heavy atom. The van der Waals surface area contributed by atoms with E-state index >= 15 is 0 Å². The van der Waals surface area contributed by atoms with Crippen molar-refractivity contribution in [2.75, 3.05) is 12.8 Å². The molecule has 0 spiro atoms. The lowest BCUT2D eigenvalue weighted by molar-refractivity contribution is -0.0590. The molecule has 20 heavy (non-hydrogen) atoms. The molecule has 12 nitrogen and oxygen atoms in total. The lowest BCUT2D eigenvalue weighted by Crippen LogP contribution is -2.41. The fraction of sp³-hybridized carbons (Fsp3) is 0.571. The number of hydrogen-bond acceptors (Lipinski definition) is 7. The number of ether oxygens (including phenoxy) is 3. The third-order valence-corrected chi connectivity index (χ3v) is 2.54.